The first kappa shape index (κ1) is 22.7. The zero-order chi connectivity index (χ0) is 23.6. The molecule has 1 aliphatic heterocycles. The van der Waals surface area contributed by atoms with Gasteiger partial charge in [-0.15, -0.1) is 0 Å². The predicted octanol–water partition coefficient (Wildman–Crippen LogP) is 2.53. The molecule has 0 bridgehead atoms. The second-order valence-electron chi connectivity index (χ2n) is 8.11. The largest absolute Gasteiger partial charge is 0.368 e. The molecule has 0 saturated carbocycles. The van der Waals surface area contributed by atoms with Crippen LogP contribution in [0.15, 0.2) is 77.7 Å². The molecule has 1 atom stereocenters. The van der Waals surface area contributed by atoms with Crippen LogP contribution in [0.25, 0.3) is 0 Å². The van der Waals surface area contributed by atoms with Gasteiger partial charge in [0.1, 0.15) is 6.04 Å². The molecule has 3 N–H and O–H groups in total. The molecule has 0 unspecified atom stereocenters. The molecule has 0 aliphatic carbocycles. The van der Waals surface area contributed by atoms with Crippen molar-refractivity contribution in [2.24, 2.45) is 5.73 Å². The number of nitrogens with one attached hydrogen (secondary N) is 1. The van der Waals surface area contributed by atoms with Gasteiger partial charge in [0.25, 0.3) is 5.91 Å². The monoisotopic (exact) mass is 463 g/mol. The zero-order valence-corrected chi connectivity index (χ0v) is 19.0. The van der Waals surface area contributed by atoms with E-state index in [2.05, 4.69) is 4.72 Å². The van der Waals surface area contributed by atoms with Crippen molar-refractivity contribution in [1.29, 1.82) is 0 Å². The Morgan fingerprint density at radius 3 is 2.36 bits per heavy atom. The van der Waals surface area contributed by atoms with Crippen LogP contribution in [0.5, 0.6) is 0 Å². The molecule has 0 spiro atoms. The number of hydrogen-bond donors (Lipinski definition) is 2. The standard InChI is InChI=1S/C25H25N3O4S/c1-17-11-12-20(14-23(17)33(31,32)27-15-18-7-3-2-4-8-18)25(30)28-16-21-10-6-5-9-19(21)13-22(28)24(26)29/h2-12,14,22,27H,13,15-16H2,1H3,(H2,26,29)/t22-/m0/s1. The van der Waals surface area contributed by atoms with E-state index >= 15 is 0 Å². The zero-order valence-electron chi connectivity index (χ0n) is 18.2. The lowest BCUT2D eigenvalue weighted by Gasteiger charge is -2.35. The van der Waals surface area contributed by atoms with E-state index in [-0.39, 0.29) is 23.5 Å². The summed E-state index contributed by atoms with van der Waals surface area (Å²) in [5.74, 6) is -1.03. The van der Waals surface area contributed by atoms with Crippen molar-refractivity contribution < 1.29 is 18.0 Å². The molecule has 4 rings (SSSR count). The second kappa shape index (κ2) is 9.17. The highest BCUT2D eigenvalue weighted by Gasteiger charge is 2.34. The van der Waals surface area contributed by atoms with E-state index in [0.29, 0.717) is 12.0 Å². The van der Waals surface area contributed by atoms with Gasteiger partial charge in [0.15, 0.2) is 0 Å². The van der Waals surface area contributed by atoms with Crippen LogP contribution in [0, 0.1) is 6.92 Å². The first-order valence-electron chi connectivity index (χ1n) is 10.6. The van der Waals surface area contributed by atoms with Crippen molar-refractivity contribution >= 4 is 21.8 Å². The first-order chi connectivity index (χ1) is 15.8. The van der Waals surface area contributed by atoms with Crippen LogP contribution in [0.3, 0.4) is 0 Å². The molecule has 3 aromatic carbocycles. The number of nitrogens with two attached hydrogens (primary N) is 1. The Labute approximate surface area is 193 Å². The maximum Gasteiger partial charge on any atom is 0.254 e. The third kappa shape index (κ3) is 4.81. The van der Waals surface area contributed by atoms with E-state index in [1.54, 1.807) is 19.1 Å². The summed E-state index contributed by atoms with van der Waals surface area (Å²) in [6.07, 6.45) is 0.326. The Kier molecular flexibility index (Phi) is 6.31. The molecule has 2 amide bonds. The minimum atomic E-state index is -3.87. The Bertz CT molecular complexity index is 1310. The summed E-state index contributed by atoms with van der Waals surface area (Å²) in [7, 11) is -3.87. The first-order valence-corrected chi connectivity index (χ1v) is 12.1. The highest BCUT2D eigenvalue weighted by Crippen LogP contribution is 2.26. The molecule has 0 fully saturated rings. The van der Waals surface area contributed by atoms with Crippen LogP contribution in [0.2, 0.25) is 0 Å². The van der Waals surface area contributed by atoms with E-state index < -0.39 is 27.9 Å². The minimum Gasteiger partial charge on any atom is -0.368 e. The van der Waals surface area contributed by atoms with Gasteiger partial charge in [-0.25, -0.2) is 13.1 Å². The summed E-state index contributed by atoms with van der Waals surface area (Å²) < 4.78 is 28.6. The van der Waals surface area contributed by atoms with Gasteiger partial charge >= 0.3 is 0 Å². The van der Waals surface area contributed by atoms with Gasteiger partial charge < -0.3 is 10.6 Å². The van der Waals surface area contributed by atoms with Crippen molar-refractivity contribution in [1.82, 2.24) is 9.62 Å². The molecule has 1 heterocycles. The fourth-order valence-electron chi connectivity index (χ4n) is 4.03. The van der Waals surface area contributed by atoms with Gasteiger partial charge in [-0.1, -0.05) is 60.7 Å². The predicted molar refractivity (Wildman–Crippen MR) is 125 cm³/mol. The van der Waals surface area contributed by atoms with Crippen molar-refractivity contribution in [3.05, 3.63) is 101 Å². The fraction of sp³-hybridized carbons (Fsp3) is 0.200. The Hall–Kier alpha value is -3.49. The maximum atomic E-state index is 13.4. The van der Waals surface area contributed by atoms with Crippen LogP contribution in [-0.4, -0.2) is 31.2 Å². The van der Waals surface area contributed by atoms with Crippen LogP contribution in [0.4, 0.5) is 0 Å². The van der Waals surface area contributed by atoms with Crippen molar-refractivity contribution in [3.63, 3.8) is 0 Å². The van der Waals surface area contributed by atoms with E-state index in [0.717, 1.165) is 16.7 Å². The van der Waals surface area contributed by atoms with Gasteiger partial charge in [-0.2, -0.15) is 0 Å². The number of hydrogen-bond acceptors (Lipinski definition) is 4. The van der Waals surface area contributed by atoms with Gasteiger partial charge in [-0.3, -0.25) is 9.59 Å². The van der Waals surface area contributed by atoms with E-state index in [4.69, 9.17) is 5.73 Å². The number of nitrogens with zero attached hydrogens (tertiary/aromatic N) is 1. The quantitative estimate of drug-likeness (QED) is 0.585. The summed E-state index contributed by atoms with van der Waals surface area (Å²) in [5, 5.41) is 0. The van der Waals surface area contributed by atoms with Gasteiger partial charge in [0.05, 0.1) is 4.90 Å². The number of aryl methyl sites for hydroxylation is 1. The summed E-state index contributed by atoms with van der Waals surface area (Å²) in [5.41, 5.74) is 9.05. The van der Waals surface area contributed by atoms with Gasteiger partial charge in [0, 0.05) is 25.1 Å². The maximum absolute atomic E-state index is 13.4. The van der Waals surface area contributed by atoms with E-state index in [1.807, 2.05) is 54.6 Å². The Morgan fingerprint density at radius 1 is 1.00 bits per heavy atom. The molecule has 1 aliphatic rings. The highest BCUT2D eigenvalue weighted by molar-refractivity contribution is 7.89. The van der Waals surface area contributed by atoms with Gasteiger partial charge in [0.2, 0.25) is 15.9 Å². The number of sulfonamides is 1. The average molecular weight is 464 g/mol. The van der Waals surface area contributed by atoms with Crippen molar-refractivity contribution in [3.8, 4) is 0 Å². The smallest absolute Gasteiger partial charge is 0.254 e. The lowest BCUT2D eigenvalue weighted by atomic mass is 9.93. The Balaban J connectivity index is 1.62. The molecule has 170 valence electrons. The molecule has 33 heavy (non-hydrogen) atoms. The van der Waals surface area contributed by atoms with Crippen molar-refractivity contribution in [2.45, 2.75) is 37.4 Å². The summed E-state index contributed by atoms with van der Waals surface area (Å²) in [6.45, 7) is 2.03. The number of primary amides is 1. The topological polar surface area (TPSA) is 110 Å². The summed E-state index contributed by atoms with van der Waals surface area (Å²) in [6, 6.07) is 20.5. The number of carbonyl (C=O) groups excluding carboxylic acids is 2. The van der Waals surface area contributed by atoms with Crippen LogP contribution >= 0.6 is 0 Å². The van der Waals surface area contributed by atoms with E-state index in [9.17, 15) is 18.0 Å². The molecular weight excluding hydrogens is 438 g/mol. The molecule has 8 heteroatoms. The summed E-state index contributed by atoms with van der Waals surface area (Å²) in [4.78, 5) is 27.0. The number of rotatable bonds is 6. The Morgan fingerprint density at radius 2 is 1.67 bits per heavy atom. The molecular formula is C25H25N3O4S. The average Bonchev–Trinajstić information content (AvgIpc) is 2.82. The van der Waals surface area contributed by atoms with Crippen LogP contribution in [0.1, 0.15) is 32.6 Å². The molecule has 0 saturated heterocycles. The summed E-state index contributed by atoms with van der Waals surface area (Å²) >= 11 is 0. The third-order valence-corrected chi connectivity index (χ3v) is 7.41. The molecule has 0 aromatic heterocycles. The highest BCUT2D eigenvalue weighted by atomic mass is 32.2. The number of benzene rings is 3. The van der Waals surface area contributed by atoms with E-state index in [1.165, 1.54) is 11.0 Å². The third-order valence-electron chi connectivity index (χ3n) is 5.87. The second-order valence-corrected chi connectivity index (χ2v) is 9.85. The number of fused-ring (bicyclic) bond motifs is 1. The lowest BCUT2D eigenvalue weighted by molar-refractivity contribution is -0.122. The van der Waals surface area contributed by atoms with Crippen LogP contribution < -0.4 is 10.5 Å². The lowest BCUT2D eigenvalue weighted by Crippen LogP contribution is -2.51. The SMILES string of the molecule is Cc1ccc(C(=O)N2Cc3ccccc3C[C@H]2C(N)=O)cc1S(=O)(=O)NCc1ccccc1. The fourth-order valence-corrected chi connectivity index (χ4v) is 5.32. The molecule has 0 radical (unpaired) electrons. The normalized spacial score (nSPS) is 15.7. The van der Waals surface area contributed by atoms with Gasteiger partial charge in [-0.05, 0) is 41.3 Å². The van der Waals surface area contributed by atoms with Crippen LogP contribution in [-0.2, 0) is 34.3 Å². The minimum absolute atomic E-state index is 0.0253. The van der Waals surface area contributed by atoms with Crippen molar-refractivity contribution in [2.75, 3.05) is 0 Å². The number of carbonyl (C=O) groups is 2. The molecule has 7 nitrogen and oxygen atoms in total. The molecule has 3 aromatic rings. The number of amides is 2.